The van der Waals surface area contributed by atoms with Crippen molar-refractivity contribution >= 4 is 0 Å². The maximum absolute atomic E-state index is 2.35. The highest BCUT2D eigenvalue weighted by Gasteiger charge is 2.20. The third-order valence-corrected chi connectivity index (χ3v) is 8.38. The minimum atomic E-state index is 1.03. The first-order valence-electron chi connectivity index (χ1n) is 16.8. The molecule has 0 aromatic rings. The molecule has 0 aliphatic heterocycles. The van der Waals surface area contributed by atoms with Crippen LogP contribution in [0, 0.1) is 11.8 Å². The Morgan fingerprint density at radius 2 is 0.412 bits per heavy atom. The molecule has 0 aliphatic carbocycles. The van der Waals surface area contributed by atoms with E-state index in [1.54, 1.807) is 0 Å². The smallest absolute Gasteiger partial charge is 0.0386 e. The van der Waals surface area contributed by atoms with Crippen LogP contribution in [0.15, 0.2) is 0 Å². The molecule has 0 nitrogen and oxygen atoms in total. The van der Waals surface area contributed by atoms with Crippen LogP contribution in [0.4, 0.5) is 0 Å². The normalized spacial score (nSPS) is 13.4. The maximum atomic E-state index is 2.35. The van der Waals surface area contributed by atoms with Gasteiger partial charge in [0.05, 0.1) is 0 Å². The first-order chi connectivity index (χ1) is 16.8. The van der Waals surface area contributed by atoms with Crippen LogP contribution in [0.25, 0.3) is 0 Å². The Morgan fingerprint density at radius 1 is 0.235 bits per heavy atom. The predicted octanol–water partition coefficient (Wildman–Crippen LogP) is 13.2. The van der Waals surface area contributed by atoms with Gasteiger partial charge in [-0.15, -0.1) is 0 Å². The zero-order valence-electron chi connectivity index (χ0n) is 25.0. The van der Waals surface area contributed by atoms with Gasteiger partial charge in [-0.25, -0.2) is 0 Å². The molecule has 0 radical (unpaired) electrons. The summed E-state index contributed by atoms with van der Waals surface area (Å²) >= 11 is 0. The summed E-state index contributed by atoms with van der Waals surface area (Å²) in [5, 5.41) is 0. The first kappa shape index (κ1) is 34.0. The van der Waals surface area contributed by atoms with Gasteiger partial charge in [-0.1, -0.05) is 207 Å². The van der Waals surface area contributed by atoms with Crippen molar-refractivity contribution < 1.29 is 0 Å². The highest BCUT2D eigenvalue weighted by molar-refractivity contribution is 4.72. The molecule has 0 aliphatic rings. The topological polar surface area (TPSA) is 0 Å². The SMILES string of the molecule is CCCCCCCCCC(CCCCCCC)C(CCCCCCC)CCCCCCCCC. The second kappa shape index (κ2) is 29.2. The second-order valence-electron chi connectivity index (χ2n) is 11.7. The maximum Gasteiger partial charge on any atom is -0.0386 e. The lowest BCUT2D eigenvalue weighted by Gasteiger charge is -2.28. The summed E-state index contributed by atoms with van der Waals surface area (Å²) in [5.74, 6) is 2.06. The van der Waals surface area contributed by atoms with Gasteiger partial charge in [0.25, 0.3) is 0 Å². The average molecular weight is 479 g/mol. The third kappa shape index (κ3) is 23.7. The predicted molar refractivity (Wildman–Crippen MR) is 159 cm³/mol. The molecule has 0 aromatic carbocycles. The Labute approximate surface area is 219 Å². The van der Waals surface area contributed by atoms with Gasteiger partial charge in [-0.05, 0) is 11.8 Å². The summed E-state index contributed by atoms with van der Waals surface area (Å²) in [4.78, 5) is 0. The fraction of sp³-hybridized carbons (Fsp3) is 1.00. The summed E-state index contributed by atoms with van der Waals surface area (Å²) in [5.41, 5.74) is 0. The molecular weight excluding hydrogens is 408 g/mol. The number of rotatable bonds is 29. The van der Waals surface area contributed by atoms with E-state index in [0.29, 0.717) is 0 Å². The van der Waals surface area contributed by atoms with E-state index in [-0.39, 0.29) is 0 Å². The molecule has 0 amide bonds. The molecule has 0 aromatic heterocycles. The fourth-order valence-electron chi connectivity index (χ4n) is 5.98. The van der Waals surface area contributed by atoms with Gasteiger partial charge in [-0.2, -0.15) is 0 Å². The minimum absolute atomic E-state index is 1.03. The monoisotopic (exact) mass is 479 g/mol. The summed E-state index contributed by atoms with van der Waals surface area (Å²) < 4.78 is 0. The van der Waals surface area contributed by atoms with Gasteiger partial charge in [0.2, 0.25) is 0 Å². The molecule has 0 spiro atoms. The van der Waals surface area contributed by atoms with Crippen LogP contribution in [-0.4, -0.2) is 0 Å². The van der Waals surface area contributed by atoms with E-state index < -0.39 is 0 Å². The Morgan fingerprint density at radius 3 is 0.618 bits per heavy atom. The van der Waals surface area contributed by atoms with Crippen molar-refractivity contribution in [3.63, 3.8) is 0 Å². The van der Waals surface area contributed by atoms with E-state index in [1.165, 1.54) is 180 Å². The van der Waals surface area contributed by atoms with E-state index >= 15 is 0 Å². The average Bonchev–Trinajstić information content (AvgIpc) is 2.85. The number of hydrogen-bond donors (Lipinski definition) is 0. The van der Waals surface area contributed by atoms with Crippen molar-refractivity contribution in [2.24, 2.45) is 11.8 Å². The highest BCUT2D eigenvalue weighted by Crippen LogP contribution is 2.33. The molecule has 2 unspecified atom stereocenters. The summed E-state index contributed by atoms with van der Waals surface area (Å²) in [6.45, 7) is 9.36. The van der Waals surface area contributed by atoms with Crippen LogP contribution in [0.5, 0.6) is 0 Å². The largest absolute Gasteiger partial charge is 0.0654 e. The summed E-state index contributed by atoms with van der Waals surface area (Å²) in [6.07, 6.45) is 41.2. The zero-order chi connectivity index (χ0) is 25.0. The molecule has 0 saturated heterocycles. The van der Waals surface area contributed by atoms with Crippen molar-refractivity contribution in [1.29, 1.82) is 0 Å². The molecular formula is C34H70. The Balaban J connectivity index is 4.62. The van der Waals surface area contributed by atoms with E-state index in [1.807, 2.05) is 0 Å². The van der Waals surface area contributed by atoms with Gasteiger partial charge >= 0.3 is 0 Å². The van der Waals surface area contributed by atoms with Crippen LogP contribution in [0.2, 0.25) is 0 Å². The molecule has 0 N–H and O–H groups in total. The van der Waals surface area contributed by atoms with Crippen LogP contribution < -0.4 is 0 Å². The molecule has 0 saturated carbocycles. The standard InChI is InChI=1S/C34H70/c1-5-9-13-17-19-23-27-31-33(29-25-21-15-11-7-3)34(30-26-22-16-12-8-4)32-28-24-20-18-14-10-6-2/h33-34H,5-32H2,1-4H3. The quantitative estimate of drug-likeness (QED) is 0.0937. The molecule has 0 heterocycles. The van der Waals surface area contributed by atoms with Gasteiger partial charge in [0, 0.05) is 0 Å². The van der Waals surface area contributed by atoms with Gasteiger partial charge in [0.15, 0.2) is 0 Å². The van der Waals surface area contributed by atoms with Crippen molar-refractivity contribution in [3.05, 3.63) is 0 Å². The lowest BCUT2D eigenvalue weighted by atomic mass is 9.78. The Bertz CT molecular complexity index is 312. The number of unbranched alkanes of at least 4 members (excludes halogenated alkanes) is 20. The molecule has 2 atom stereocenters. The van der Waals surface area contributed by atoms with Crippen molar-refractivity contribution in [1.82, 2.24) is 0 Å². The summed E-state index contributed by atoms with van der Waals surface area (Å²) in [7, 11) is 0. The lowest BCUT2D eigenvalue weighted by Crippen LogP contribution is -2.16. The second-order valence-corrected chi connectivity index (χ2v) is 11.7. The van der Waals surface area contributed by atoms with Gasteiger partial charge < -0.3 is 0 Å². The lowest BCUT2D eigenvalue weighted by molar-refractivity contribution is 0.236. The Hall–Kier alpha value is 0. The molecule has 0 fully saturated rings. The van der Waals surface area contributed by atoms with E-state index in [9.17, 15) is 0 Å². The van der Waals surface area contributed by atoms with Crippen LogP contribution >= 0.6 is 0 Å². The third-order valence-electron chi connectivity index (χ3n) is 8.38. The van der Waals surface area contributed by atoms with E-state index in [4.69, 9.17) is 0 Å². The van der Waals surface area contributed by atoms with Crippen molar-refractivity contribution in [3.8, 4) is 0 Å². The molecule has 34 heavy (non-hydrogen) atoms. The highest BCUT2D eigenvalue weighted by atomic mass is 14.3. The van der Waals surface area contributed by atoms with Crippen LogP contribution in [0.1, 0.15) is 207 Å². The zero-order valence-corrected chi connectivity index (χ0v) is 25.0. The fourth-order valence-corrected chi connectivity index (χ4v) is 5.98. The van der Waals surface area contributed by atoms with Crippen molar-refractivity contribution in [2.75, 3.05) is 0 Å². The van der Waals surface area contributed by atoms with Crippen LogP contribution in [0.3, 0.4) is 0 Å². The van der Waals surface area contributed by atoms with E-state index in [2.05, 4.69) is 27.7 Å². The minimum Gasteiger partial charge on any atom is -0.0654 e. The number of hydrogen-bond acceptors (Lipinski definition) is 0. The first-order valence-corrected chi connectivity index (χ1v) is 16.8. The molecule has 206 valence electrons. The van der Waals surface area contributed by atoms with Crippen molar-refractivity contribution in [2.45, 2.75) is 207 Å². The van der Waals surface area contributed by atoms with E-state index in [0.717, 1.165) is 11.8 Å². The molecule has 0 rings (SSSR count). The molecule has 0 heteroatoms. The van der Waals surface area contributed by atoms with Gasteiger partial charge in [0.1, 0.15) is 0 Å². The van der Waals surface area contributed by atoms with Gasteiger partial charge in [-0.3, -0.25) is 0 Å². The van der Waals surface area contributed by atoms with Crippen LogP contribution in [-0.2, 0) is 0 Å². The summed E-state index contributed by atoms with van der Waals surface area (Å²) in [6, 6.07) is 0. The Kier molecular flexibility index (Phi) is 29.2. The molecule has 0 bridgehead atoms.